The number of para-hydroxylation sites is 1. The van der Waals surface area contributed by atoms with Gasteiger partial charge in [0.25, 0.3) is 0 Å². The molecular formula is C17H16Cl2N2O2S. The van der Waals surface area contributed by atoms with Crippen LogP contribution in [0.25, 0.3) is 0 Å². The molecule has 1 unspecified atom stereocenters. The standard InChI is InChI=1S/C17H16Cl2N2O2S/c1-11(17(23)21-15-9-12(18)7-8-14(15)19)24-10-16(22)20-13-5-3-2-4-6-13/h2-9,11H,10H2,1H3,(H,20,22)(H,21,23). The zero-order chi connectivity index (χ0) is 17.5. The molecule has 0 spiro atoms. The Morgan fingerprint density at radius 2 is 1.79 bits per heavy atom. The zero-order valence-electron chi connectivity index (χ0n) is 12.9. The molecule has 0 heterocycles. The van der Waals surface area contributed by atoms with Crippen molar-refractivity contribution in [2.45, 2.75) is 12.2 Å². The Labute approximate surface area is 154 Å². The maximum atomic E-state index is 12.2. The lowest BCUT2D eigenvalue weighted by Crippen LogP contribution is -2.25. The van der Waals surface area contributed by atoms with Crippen molar-refractivity contribution in [1.29, 1.82) is 0 Å². The minimum Gasteiger partial charge on any atom is -0.325 e. The van der Waals surface area contributed by atoms with Crippen molar-refractivity contribution >= 4 is 58.2 Å². The normalized spacial score (nSPS) is 11.6. The van der Waals surface area contributed by atoms with Crippen LogP contribution in [-0.2, 0) is 9.59 Å². The summed E-state index contributed by atoms with van der Waals surface area (Å²) in [6.07, 6.45) is 0. The van der Waals surface area contributed by atoms with Crippen LogP contribution in [0.4, 0.5) is 11.4 Å². The second-order valence-corrected chi connectivity index (χ2v) is 7.15. The van der Waals surface area contributed by atoms with E-state index in [9.17, 15) is 9.59 Å². The third-order valence-electron chi connectivity index (χ3n) is 3.08. The van der Waals surface area contributed by atoms with E-state index >= 15 is 0 Å². The molecule has 0 saturated heterocycles. The van der Waals surface area contributed by atoms with Crippen molar-refractivity contribution in [2.75, 3.05) is 16.4 Å². The lowest BCUT2D eigenvalue weighted by Gasteiger charge is -2.13. The zero-order valence-corrected chi connectivity index (χ0v) is 15.2. The summed E-state index contributed by atoms with van der Waals surface area (Å²) < 4.78 is 0. The number of benzene rings is 2. The summed E-state index contributed by atoms with van der Waals surface area (Å²) in [6, 6.07) is 14.0. The highest BCUT2D eigenvalue weighted by Crippen LogP contribution is 2.26. The van der Waals surface area contributed by atoms with Crippen LogP contribution in [0, 0.1) is 0 Å². The minimum absolute atomic E-state index is 0.161. The third-order valence-corrected chi connectivity index (χ3v) is 4.79. The minimum atomic E-state index is -0.415. The number of halogens is 2. The summed E-state index contributed by atoms with van der Waals surface area (Å²) in [6.45, 7) is 1.73. The Hall–Kier alpha value is -1.69. The van der Waals surface area contributed by atoms with Gasteiger partial charge in [-0.1, -0.05) is 41.4 Å². The molecule has 0 aliphatic carbocycles. The van der Waals surface area contributed by atoms with Crippen LogP contribution in [0.2, 0.25) is 10.0 Å². The van der Waals surface area contributed by atoms with Crippen LogP contribution in [0.1, 0.15) is 6.92 Å². The third kappa shape index (κ3) is 5.74. The summed E-state index contributed by atoms with van der Waals surface area (Å²) in [5.41, 5.74) is 1.18. The van der Waals surface area contributed by atoms with Crippen molar-refractivity contribution in [2.24, 2.45) is 0 Å². The molecule has 0 aromatic heterocycles. The molecule has 24 heavy (non-hydrogen) atoms. The van der Waals surface area contributed by atoms with Crippen molar-refractivity contribution < 1.29 is 9.59 Å². The summed E-state index contributed by atoms with van der Waals surface area (Å²) in [5, 5.41) is 5.97. The SMILES string of the molecule is CC(SCC(=O)Nc1ccccc1)C(=O)Nc1cc(Cl)ccc1Cl. The van der Waals surface area contributed by atoms with E-state index in [1.54, 1.807) is 37.3 Å². The Kier molecular flexibility index (Phi) is 6.97. The van der Waals surface area contributed by atoms with E-state index < -0.39 is 5.25 Å². The van der Waals surface area contributed by atoms with Gasteiger partial charge in [0.05, 0.1) is 21.7 Å². The second-order valence-electron chi connectivity index (χ2n) is 4.98. The molecule has 2 aromatic carbocycles. The highest BCUT2D eigenvalue weighted by molar-refractivity contribution is 8.01. The number of carbonyl (C=O) groups is 2. The van der Waals surface area contributed by atoms with Gasteiger partial charge in [0.2, 0.25) is 11.8 Å². The fourth-order valence-electron chi connectivity index (χ4n) is 1.82. The smallest absolute Gasteiger partial charge is 0.237 e. The highest BCUT2D eigenvalue weighted by atomic mass is 35.5. The van der Waals surface area contributed by atoms with Gasteiger partial charge < -0.3 is 10.6 Å². The first kappa shape index (κ1) is 18.6. The number of anilines is 2. The maximum Gasteiger partial charge on any atom is 0.237 e. The average Bonchev–Trinajstić information content (AvgIpc) is 2.57. The van der Waals surface area contributed by atoms with Gasteiger partial charge in [0.1, 0.15) is 0 Å². The number of nitrogens with one attached hydrogen (secondary N) is 2. The van der Waals surface area contributed by atoms with E-state index in [1.165, 1.54) is 11.8 Å². The number of rotatable bonds is 6. The summed E-state index contributed by atoms with van der Waals surface area (Å²) in [5.74, 6) is -0.226. The van der Waals surface area contributed by atoms with E-state index in [0.29, 0.717) is 15.7 Å². The van der Waals surface area contributed by atoms with E-state index in [4.69, 9.17) is 23.2 Å². The number of amides is 2. The van der Waals surface area contributed by atoms with Gasteiger partial charge in [-0.05, 0) is 37.3 Å². The predicted octanol–water partition coefficient (Wildman–Crippen LogP) is 4.69. The molecule has 2 rings (SSSR count). The number of carbonyl (C=O) groups excluding carboxylic acids is 2. The van der Waals surface area contributed by atoms with Gasteiger partial charge in [-0.3, -0.25) is 9.59 Å². The van der Waals surface area contributed by atoms with Crippen molar-refractivity contribution in [1.82, 2.24) is 0 Å². The number of hydrogen-bond donors (Lipinski definition) is 2. The van der Waals surface area contributed by atoms with Gasteiger partial charge >= 0.3 is 0 Å². The quantitative estimate of drug-likeness (QED) is 0.761. The van der Waals surface area contributed by atoms with Gasteiger partial charge in [0.15, 0.2) is 0 Å². The molecule has 0 bridgehead atoms. The van der Waals surface area contributed by atoms with Gasteiger partial charge in [-0.2, -0.15) is 0 Å². The summed E-state index contributed by atoms with van der Waals surface area (Å²) >= 11 is 13.2. The number of thioether (sulfide) groups is 1. The first-order chi connectivity index (χ1) is 11.5. The van der Waals surface area contributed by atoms with E-state index in [2.05, 4.69) is 10.6 Å². The molecule has 0 radical (unpaired) electrons. The van der Waals surface area contributed by atoms with E-state index in [0.717, 1.165) is 5.69 Å². The molecule has 1 atom stereocenters. The summed E-state index contributed by atoms with van der Waals surface area (Å²) in [4.78, 5) is 24.1. The molecule has 2 amide bonds. The highest BCUT2D eigenvalue weighted by Gasteiger charge is 2.16. The van der Waals surface area contributed by atoms with Crippen LogP contribution in [0.5, 0.6) is 0 Å². The van der Waals surface area contributed by atoms with Gasteiger partial charge in [-0.15, -0.1) is 11.8 Å². The summed E-state index contributed by atoms with van der Waals surface area (Å²) in [7, 11) is 0. The Morgan fingerprint density at radius 1 is 1.08 bits per heavy atom. The fourth-order valence-corrected chi connectivity index (χ4v) is 2.84. The Morgan fingerprint density at radius 3 is 2.50 bits per heavy atom. The predicted molar refractivity (Wildman–Crippen MR) is 102 cm³/mol. The van der Waals surface area contributed by atoms with Gasteiger partial charge in [-0.25, -0.2) is 0 Å². The monoisotopic (exact) mass is 382 g/mol. The number of hydrogen-bond acceptors (Lipinski definition) is 3. The fraction of sp³-hybridized carbons (Fsp3) is 0.176. The van der Waals surface area contributed by atoms with Crippen molar-refractivity contribution in [3.05, 3.63) is 58.6 Å². The lowest BCUT2D eigenvalue weighted by molar-refractivity contribution is -0.115. The van der Waals surface area contributed by atoms with Crippen LogP contribution in [-0.4, -0.2) is 22.8 Å². The molecule has 0 aliphatic heterocycles. The topological polar surface area (TPSA) is 58.2 Å². The lowest BCUT2D eigenvalue weighted by atomic mass is 10.3. The molecule has 7 heteroatoms. The van der Waals surface area contributed by atoms with Crippen molar-refractivity contribution in [3.63, 3.8) is 0 Å². The molecule has 2 aromatic rings. The van der Waals surface area contributed by atoms with Crippen LogP contribution < -0.4 is 10.6 Å². The van der Waals surface area contributed by atoms with Crippen molar-refractivity contribution in [3.8, 4) is 0 Å². The Bertz CT molecular complexity index is 726. The molecule has 0 aliphatic rings. The molecule has 126 valence electrons. The van der Waals surface area contributed by atoms with E-state index in [1.807, 2.05) is 18.2 Å². The van der Waals surface area contributed by atoms with Crippen LogP contribution in [0.3, 0.4) is 0 Å². The molecular weight excluding hydrogens is 367 g/mol. The molecule has 2 N–H and O–H groups in total. The first-order valence-corrected chi connectivity index (χ1v) is 8.98. The molecule has 4 nitrogen and oxygen atoms in total. The second kappa shape index (κ2) is 8.97. The maximum absolute atomic E-state index is 12.2. The van der Waals surface area contributed by atoms with Crippen LogP contribution in [0.15, 0.2) is 48.5 Å². The first-order valence-electron chi connectivity index (χ1n) is 7.18. The van der Waals surface area contributed by atoms with E-state index in [-0.39, 0.29) is 17.6 Å². The van der Waals surface area contributed by atoms with Gasteiger partial charge in [0, 0.05) is 10.7 Å². The average molecular weight is 383 g/mol. The Balaban J connectivity index is 1.83. The van der Waals surface area contributed by atoms with Crippen LogP contribution >= 0.6 is 35.0 Å². The molecule has 0 saturated carbocycles. The largest absolute Gasteiger partial charge is 0.325 e. The molecule has 0 fully saturated rings.